The van der Waals surface area contributed by atoms with Crippen molar-refractivity contribution in [3.63, 3.8) is 0 Å². The summed E-state index contributed by atoms with van der Waals surface area (Å²) in [5.74, 6) is -0.871. The summed E-state index contributed by atoms with van der Waals surface area (Å²) < 4.78 is 16.8. The van der Waals surface area contributed by atoms with E-state index in [2.05, 4.69) is 106 Å². The smallest absolute Gasteiger partial charge is 0.306 e. The topological polar surface area (TPSA) is 78.9 Å². The van der Waals surface area contributed by atoms with Gasteiger partial charge in [-0.15, -0.1) is 0 Å². The Labute approximate surface area is 477 Å². The highest BCUT2D eigenvalue weighted by Gasteiger charge is 2.19. The monoisotopic (exact) mass is 1070 g/mol. The van der Waals surface area contributed by atoms with E-state index in [0.29, 0.717) is 19.3 Å². The Hall–Kier alpha value is -3.41. The first kappa shape index (κ1) is 73.6. The summed E-state index contributed by atoms with van der Waals surface area (Å²) in [4.78, 5) is 38.1. The van der Waals surface area contributed by atoms with E-state index in [9.17, 15) is 14.4 Å². The first-order valence-corrected chi connectivity index (χ1v) is 33.1. The molecule has 0 aromatic rings. The molecule has 0 N–H and O–H groups in total. The highest BCUT2D eigenvalue weighted by molar-refractivity contribution is 5.71. The van der Waals surface area contributed by atoms with Gasteiger partial charge in [-0.2, -0.15) is 0 Å². The van der Waals surface area contributed by atoms with Gasteiger partial charge < -0.3 is 14.2 Å². The number of esters is 3. The van der Waals surface area contributed by atoms with Gasteiger partial charge in [0.2, 0.25) is 0 Å². The van der Waals surface area contributed by atoms with Crippen molar-refractivity contribution in [1.82, 2.24) is 0 Å². The predicted molar refractivity (Wildman–Crippen MR) is 334 cm³/mol. The molecule has 6 heteroatoms. The zero-order valence-electron chi connectivity index (χ0n) is 51.0. The molecule has 0 aliphatic rings. The third-order valence-corrected chi connectivity index (χ3v) is 14.4. The zero-order valence-corrected chi connectivity index (χ0v) is 51.0. The second kappa shape index (κ2) is 65.1. The van der Waals surface area contributed by atoms with Crippen LogP contribution in [0.4, 0.5) is 0 Å². The van der Waals surface area contributed by atoms with Crippen LogP contribution >= 0.6 is 0 Å². The first-order chi connectivity index (χ1) is 38.0. The quantitative estimate of drug-likeness (QED) is 0.0261. The molecule has 0 aromatic carbocycles. The summed E-state index contributed by atoms with van der Waals surface area (Å²) in [5, 5.41) is 0. The second-order valence-corrected chi connectivity index (χ2v) is 22.0. The highest BCUT2D eigenvalue weighted by Crippen LogP contribution is 2.17. The van der Waals surface area contributed by atoms with E-state index in [0.717, 1.165) is 96.3 Å². The van der Waals surface area contributed by atoms with Crippen LogP contribution < -0.4 is 0 Å². The van der Waals surface area contributed by atoms with Gasteiger partial charge in [0, 0.05) is 19.3 Å². The molecule has 0 amide bonds. The minimum atomic E-state index is -0.773. The number of hydrogen-bond donors (Lipinski definition) is 0. The minimum absolute atomic E-state index is 0.0735. The number of carbonyl (C=O) groups is 3. The maximum atomic E-state index is 12.8. The number of hydrogen-bond acceptors (Lipinski definition) is 6. The third-order valence-electron chi connectivity index (χ3n) is 14.4. The van der Waals surface area contributed by atoms with Crippen molar-refractivity contribution in [1.29, 1.82) is 0 Å². The van der Waals surface area contributed by atoms with Gasteiger partial charge in [-0.05, 0) is 96.3 Å². The maximum absolute atomic E-state index is 12.8. The minimum Gasteiger partial charge on any atom is -0.462 e. The fraction of sp³-hybridized carbons (Fsp3) is 0.761. The lowest BCUT2D eigenvalue weighted by Gasteiger charge is -2.18. The number of unbranched alkanes of at least 4 members (excludes halogenated alkanes) is 35. The van der Waals surface area contributed by atoms with Gasteiger partial charge in [-0.3, -0.25) is 14.4 Å². The van der Waals surface area contributed by atoms with Crippen molar-refractivity contribution in [3.8, 4) is 0 Å². The van der Waals surface area contributed by atoms with E-state index in [1.54, 1.807) is 0 Å². The number of rotatable bonds is 60. The van der Waals surface area contributed by atoms with Crippen molar-refractivity contribution in [2.24, 2.45) is 0 Å². The third kappa shape index (κ3) is 63.3. The van der Waals surface area contributed by atoms with Gasteiger partial charge in [-0.1, -0.05) is 298 Å². The summed E-state index contributed by atoms with van der Waals surface area (Å²) in [6.45, 7) is 6.51. The predicted octanol–water partition coefficient (Wildman–Crippen LogP) is 22.7. The van der Waals surface area contributed by atoms with Gasteiger partial charge in [0.25, 0.3) is 0 Å². The molecule has 0 saturated carbocycles. The van der Waals surface area contributed by atoms with Crippen LogP contribution in [0.25, 0.3) is 0 Å². The van der Waals surface area contributed by atoms with E-state index in [4.69, 9.17) is 14.2 Å². The van der Waals surface area contributed by atoms with Crippen molar-refractivity contribution >= 4 is 17.9 Å². The van der Waals surface area contributed by atoms with Crippen LogP contribution in [-0.2, 0) is 28.6 Å². The Morgan fingerprint density at radius 3 is 0.805 bits per heavy atom. The standard InChI is InChI=1S/C71H124O6/c1-4-7-10-13-16-18-20-22-24-26-27-28-29-30-31-32-33-34-35-36-37-38-39-40-41-42-43-45-46-48-50-52-55-58-61-64-70(73)76-67-68(66-75-69(72)63-60-57-54-15-12-9-6-3)77-71(74)65-62-59-56-53-51-49-47-44-25-23-21-19-17-14-11-8-5-2/h7,10,16,18,22-25,27-28,30-31,33-34,68H,4-6,8-9,11-15,17,19-21,26,29,32,35-67H2,1-3H3/b10-7-,18-16-,24-22-,25-23-,28-27-,31-30-,34-33-. The zero-order chi connectivity index (χ0) is 55.7. The van der Waals surface area contributed by atoms with Gasteiger partial charge in [0.05, 0.1) is 0 Å². The van der Waals surface area contributed by atoms with Gasteiger partial charge in [0.15, 0.2) is 6.10 Å². The second-order valence-electron chi connectivity index (χ2n) is 22.0. The molecule has 0 aliphatic carbocycles. The lowest BCUT2D eigenvalue weighted by molar-refractivity contribution is -0.167. The molecule has 0 spiro atoms. The van der Waals surface area contributed by atoms with Crippen LogP contribution in [0, 0.1) is 0 Å². The molecule has 0 aromatic heterocycles. The first-order valence-electron chi connectivity index (χ1n) is 33.1. The van der Waals surface area contributed by atoms with Crippen molar-refractivity contribution in [2.45, 2.75) is 335 Å². The summed E-state index contributed by atoms with van der Waals surface area (Å²) in [6.07, 6.45) is 86.3. The van der Waals surface area contributed by atoms with E-state index in [-0.39, 0.29) is 31.1 Å². The molecule has 0 heterocycles. The summed E-state index contributed by atoms with van der Waals surface area (Å²) in [7, 11) is 0. The molecule has 444 valence electrons. The molecule has 0 aliphatic heterocycles. The van der Waals surface area contributed by atoms with E-state index < -0.39 is 6.10 Å². The summed E-state index contributed by atoms with van der Waals surface area (Å²) in [5.41, 5.74) is 0. The molecular weight excluding hydrogens is 949 g/mol. The maximum Gasteiger partial charge on any atom is 0.306 e. The highest BCUT2D eigenvalue weighted by atomic mass is 16.6. The van der Waals surface area contributed by atoms with E-state index >= 15 is 0 Å². The molecule has 0 bridgehead atoms. The molecule has 0 saturated heterocycles. The Morgan fingerprint density at radius 1 is 0.273 bits per heavy atom. The van der Waals surface area contributed by atoms with Gasteiger partial charge in [-0.25, -0.2) is 0 Å². The lowest BCUT2D eigenvalue weighted by atomic mass is 10.0. The summed E-state index contributed by atoms with van der Waals surface area (Å²) >= 11 is 0. The molecule has 1 unspecified atom stereocenters. The van der Waals surface area contributed by atoms with E-state index in [1.165, 1.54) is 193 Å². The SMILES string of the molecule is CC/C=C\C/C=C\C/C=C\C/C=C\C/C=C\C/C=C\CCCCCCCCCCCCCCCCCCC(=O)OCC(COC(=O)CCCCCCCCC)OC(=O)CCCCCCCCC/C=C\CCCCCCCC. The van der Waals surface area contributed by atoms with Crippen molar-refractivity contribution in [2.75, 3.05) is 13.2 Å². The van der Waals surface area contributed by atoms with Crippen LogP contribution in [0.3, 0.4) is 0 Å². The number of carbonyl (C=O) groups excluding carboxylic acids is 3. The molecule has 0 radical (unpaired) electrons. The van der Waals surface area contributed by atoms with Crippen LogP contribution in [0.1, 0.15) is 329 Å². The van der Waals surface area contributed by atoms with Crippen molar-refractivity contribution in [3.05, 3.63) is 85.1 Å². The molecule has 77 heavy (non-hydrogen) atoms. The fourth-order valence-electron chi connectivity index (χ4n) is 9.44. The molecule has 6 nitrogen and oxygen atoms in total. The molecule has 0 rings (SSSR count). The van der Waals surface area contributed by atoms with Crippen LogP contribution in [0.15, 0.2) is 85.1 Å². The lowest BCUT2D eigenvalue weighted by Crippen LogP contribution is -2.30. The molecule has 0 fully saturated rings. The normalized spacial score (nSPS) is 12.6. The Kier molecular flexibility index (Phi) is 62.2. The average molecular weight is 1070 g/mol. The van der Waals surface area contributed by atoms with Crippen molar-refractivity contribution < 1.29 is 28.6 Å². The van der Waals surface area contributed by atoms with Crippen LogP contribution in [0.2, 0.25) is 0 Å². The largest absolute Gasteiger partial charge is 0.462 e. The molecule has 1 atom stereocenters. The van der Waals surface area contributed by atoms with Gasteiger partial charge in [0.1, 0.15) is 13.2 Å². The van der Waals surface area contributed by atoms with E-state index in [1.807, 2.05) is 0 Å². The van der Waals surface area contributed by atoms with Gasteiger partial charge >= 0.3 is 17.9 Å². The Morgan fingerprint density at radius 2 is 0.506 bits per heavy atom. The van der Waals surface area contributed by atoms with Crippen LogP contribution in [-0.4, -0.2) is 37.2 Å². The summed E-state index contributed by atoms with van der Waals surface area (Å²) in [6, 6.07) is 0. The number of allylic oxidation sites excluding steroid dienone is 14. The van der Waals surface area contributed by atoms with Crippen LogP contribution in [0.5, 0.6) is 0 Å². The number of ether oxygens (including phenoxy) is 3. The Bertz CT molecular complexity index is 1470. The Balaban J connectivity index is 4.01. The average Bonchev–Trinajstić information content (AvgIpc) is 3.43. The fourth-order valence-corrected chi connectivity index (χ4v) is 9.44. The molecular formula is C71H124O6.